The summed E-state index contributed by atoms with van der Waals surface area (Å²) in [5, 5.41) is 15.2. The molecular formula is C13H22N2O. The summed E-state index contributed by atoms with van der Waals surface area (Å²) < 4.78 is 1.97. The van der Waals surface area contributed by atoms with E-state index >= 15 is 0 Å². The van der Waals surface area contributed by atoms with E-state index in [4.69, 9.17) is 0 Å². The van der Waals surface area contributed by atoms with E-state index < -0.39 is 5.60 Å². The van der Waals surface area contributed by atoms with Gasteiger partial charge in [-0.1, -0.05) is 20.8 Å². The van der Waals surface area contributed by atoms with E-state index in [1.54, 1.807) is 6.20 Å². The zero-order valence-corrected chi connectivity index (χ0v) is 10.5. The molecule has 1 heterocycles. The summed E-state index contributed by atoms with van der Waals surface area (Å²) in [7, 11) is 0. The van der Waals surface area contributed by atoms with Crippen molar-refractivity contribution in [1.82, 2.24) is 9.78 Å². The standard InChI is InChI=1S/C13H22N2O/c1-4-10-15-11(6-9-14-15)13(16)8-5-7-12(13,2)3/h6,9,16H,4-5,7-8,10H2,1-3H3. The predicted molar refractivity (Wildman–Crippen MR) is 64.0 cm³/mol. The summed E-state index contributed by atoms with van der Waals surface area (Å²) in [6, 6.07) is 1.97. The number of hydrogen-bond acceptors (Lipinski definition) is 2. The molecule has 1 aromatic rings. The summed E-state index contributed by atoms with van der Waals surface area (Å²) in [5.74, 6) is 0. The Bertz CT molecular complexity index is 370. The van der Waals surface area contributed by atoms with Crippen molar-refractivity contribution in [2.24, 2.45) is 5.41 Å². The molecule has 1 unspecified atom stereocenters. The number of nitrogens with zero attached hydrogens (tertiary/aromatic N) is 2. The Morgan fingerprint density at radius 3 is 2.75 bits per heavy atom. The lowest BCUT2D eigenvalue weighted by Crippen LogP contribution is -2.39. The molecule has 16 heavy (non-hydrogen) atoms. The number of rotatable bonds is 3. The summed E-state index contributed by atoms with van der Waals surface area (Å²) in [6.45, 7) is 7.34. The first kappa shape index (κ1) is 11.6. The first-order valence-corrected chi connectivity index (χ1v) is 6.26. The van der Waals surface area contributed by atoms with Gasteiger partial charge in [0.1, 0.15) is 5.60 Å². The van der Waals surface area contributed by atoms with Crippen LogP contribution in [0.1, 0.15) is 52.1 Å². The van der Waals surface area contributed by atoms with E-state index in [0.717, 1.165) is 37.9 Å². The molecule has 1 atom stereocenters. The van der Waals surface area contributed by atoms with Gasteiger partial charge in [-0.2, -0.15) is 5.10 Å². The molecule has 1 fully saturated rings. The highest BCUT2D eigenvalue weighted by molar-refractivity contribution is 5.18. The largest absolute Gasteiger partial charge is 0.383 e. The summed E-state index contributed by atoms with van der Waals surface area (Å²) in [6.07, 6.45) is 5.89. The number of aliphatic hydroxyl groups is 1. The minimum atomic E-state index is -0.696. The monoisotopic (exact) mass is 222 g/mol. The molecule has 1 aromatic heterocycles. The molecule has 0 bridgehead atoms. The molecule has 1 N–H and O–H groups in total. The predicted octanol–water partition coefficient (Wildman–Crippen LogP) is 2.69. The molecule has 2 rings (SSSR count). The van der Waals surface area contributed by atoms with E-state index in [-0.39, 0.29) is 5.41 Å². The van der Waals surface area contributed by atoms with Crippen LogP contribution in [0.5, 0.6) is 0 Å². The van der Waals surface area contributed by atoms with Crippen molar-refractivity contribution in [3.63, 3.8) is 0 Å². The highest BCUT2D eigenvalue weighted by Crippen LogP contribution is 2.51. The molecule has 1 aliphatic carbocycles. The number of hydrogen-bond donors (Lipinski definition) is 1. The average molecular weight is 222 g/mol. The van der Waals surface area contributed by atoms with Crippen LogP contribution in [0.4, 0.5) is 0 Å². The first-order chi connectivity index (χ1) is 7.51. The molecule has 3 nitrogen and oxygen atoms in total. The van der Waals surface area contributed by atoms with Gasteiger partial charge >= 0.3 is 0 Å². The van der Waals surface area contributed by atoms with Crippen molar-refractivity contribution in [3.05, 3.63) is 18.0 Å². The maximum Gasteiger partial charge on any atom is 0.111 e. The lowest BCUT2D eigenvalue weighted by molar-refractivity contribution is -0.0557. The van der Waals surface area contributed by atoms with E-state index in [2.05, 4.69) is 25.9 Å². The maximum absolute atomic E-state index is 10.9. The zero-order chi connectivity index (χ0) is 11.8. The minimum Gasteiger partial charge on any atom is -0.383 e. The van der Waals surface area contributed by atoms with Gasteiger partial charge < -0.3 is 5.11 Å². The maximum atomic E-state index is 10.9. The Hall–Kier alpha value is -0.830. The fourth-order valence-electron chi connectivity index (χ4n) is 2.88. The molecule has 3 heteroatoms. The van der Waals surface area contributed by atoms with Crippen LogP contribution in [0.2, 0.25) is 0 Å². The highest BCUT2D eigenvalue weighted by atomic mass is 16.3. The van der Waals surface area contributed by atoms with Crippen molar-refractivity contribution in [3.8, 4) is 0 Å². The van der Waals surface area contributed by atoms with Gasteiger partial charge in [0.2, 0.25) is 0 Å². The third-order valence-corrected chi connectivity index (χ3v) is 4.04. The van der Waals surface area contributed by atoms with Crippen LogP contribution in [0.15, 0.2) is 12.3 Å². The SMILES string of the molecule is CCCn1nccc1C1(O)CCCC1(C)C. The van der Waals surface area contributed by atoms with Gasteiger partial charge in [0.25, 0.3) is 0 Å². The third-order valence-electron chi connectivity index (χ3n) is 4.04. The average Bonchev–Trinajstić information content (AvgIpc) is 2.74. The molecule has 0 aromatic carbocycles. The van der Waals surface area contributed by atoms with Crippen LogP contribution in [0.3, 0.4) is 0 Å². The van der Waals surface area contributed by atoms with E-state index in [1.165, 1.54) is 0 Å². The second-order valence-corrected chi connectivity index (χ2v) is 5.54. The van der Waals surface area contributed by atoms with Gasteiger partial charge in [-0.3, -0.25) is 4.68 Å². The quantitative estimate of drug-likeness (QED) is 0.854. The lowest BCUT2D eigenvalue weighted by Gasteiger charge is -2.37. The molecule has 0 radical (unpaired) electrons. The van der Waals surface area contributed by atoms with Crippen LogP contribution in [0.25, 0.3) is 0 Å². The topological polar surface area (TPSA) is 38.0 Å². The first-order valence-electron chi connectivity index (χ1n) is 6.26. The van der Waals surface area contributed by atoms with Crippen molar-refractivity contribution in [1.29, 1.82) is 0 Å². The van der Waals surface area contributed by atoms with Crippen LogP contribution in [-0.4, -0.2) is 14.9 Å². The van der Waals surface area contributed by atoms with Gasteiger partial charge in [0, 0.05) is 12.7 Å². The van der Waals surface area contributed by atoms with E-state index in [1.807, 2.05) is 10.7 Å². The second-order valence-electron chi connectivity index (χ2n) is 5.54. The number of aryl methyl sites for hydroxylation is 1. The normalized spacial score (nSPS) is 28.5. The van der Waals surface area contributed by atoms with Gasteiger partial charge in [-0.15, -0.1) is 0 Å². The summed E-state index contributed by atoms with van der Waals surface area (Å²) in [4.78, 5) is 0. The fraction of sp³-hybridized carbons (Fsp3) is 0.769. The Morgan fingerprint density at radius 2 is 2.19 bits per heavy atom. The molecular weight excluding hydrogens is 200 g/mol. The molecule has 0 amide bonds. The Morgan fingerprint density at radius 1 is 1.44 bits per heavy atom. The second kappa shape index (κ2) is 3.88. The summed E-state index contributed by atoms with van der Waals surface area (Å²) in [5.41, 5.74) is 0.258. The van der Waals surface area contributed by atoms with Gasteiger partial charge in [0.15, 0.2) is 0 Å². The van der Waals surface area contributed by atoms with Crippen LogP contribution < -0.4 is 0 Å². The van der Waals surface area contributed by atoms with Gasteiger partial charge in [-0.05, 0) is 37.2 Å². The summed E-state index contributed by atoms with van der Waals surface area (Å²) >= 11 is 0. The van der Waals surface area contributed by atoms with Gasteiger partial charge in [-0.25, -0.2) is 0 Å². The van der Waals surface area contributed by atoms with E-state index in [0.29, 0.717) is 0 Å². The van der Waals surface area contributed by atoms with Crippen LogP contribution in [-0.2, 0) is 12.1 Å². The lowest BCUT2D eigenvalue weighted by atomic mass is 9.75. The van der Waals surface area contributed by atoms with Crippen LogP contribution in [0, 0.1) is 5.41 Å². The van der Waals surface area contributed by atoms with Crippen molar-refractivity contribution < 1.29 is 5.11 Å². The van der Waals surface area contributed by atoms with Crippen LogP contribution >= 0.6 is 0 Å². The fourth-order valence-corrected chi connectivity index (χ4v) is 2.88. The van der Waals surface area contributed by atoms with Crippen molar-refractivity contribution in [2.75, 3.05) is 0 Å². The molecule has 1 saturated carbocycles. The zero-order valence-electron chi connectivity index (χ0n) is 10.5. The Labute approximate surface area is 97.5 Å². The molecule has 0 saturated heterocycles. The number of aromatic nitrogens is 2. The third kappa shape index (κ3) is 1.58. The smallest absolute Gasteiger partial charge is 0.111 e. The van der Waals surface area contributed by atoms with Gasteiger partial charge in [0.05, 0.1) is 5.69 Å². The Kier molecular flexibility index (Phi) is 2.82. The van der Waals surface area contributed by atoms with Crippen molar-refractivity contribution >= 4 is 0 Å². The molecule has 0 aliphatic heterocycles. The molecule has 0 spiro atoms. The Balaban J connectivity index is 2.39. The van der Waals surface area contributed by atoms with Crippen molar-refractivity contribution in [2.45, 2.75) is 58.6 Å². The van der Waals surface area contributed by atoms with E-state index in [9.17, 15) is 5.11 Å². The molecule has 1 aliphatic rings. The molecule has 90 valence electrons. The highest BCUT2D eigenvalue weighted by Gasteiger charge is 2.50. The minimum absolute atomic E-state index is 0.0431.